The molecule has 0 aliphatic carbocycles. The van der Waals surface area contributed by atoms with Crippen molar-refractivity contribution in [1.29, 1.82) is 0 Å². The highest BCUT2D eigenvalue weighted by Gasteiger charge is 2.00. The van der Waals surface area contributed by atoms with Crippen LogP contribution < -0.4 is 11.1 Å². The van der Waals surface area contributed by atoms with Crippen molar-refractivity contribution in [3.8, 4) is 11.3 Å². The molecule has 0 saturated carbocycles. The summed E-state index contributed by atoms with van der Waals surface area (Å²) >= 11 is 0. The highest BCUT2D eigenvalue weighted by molar-refractivity contribution is 5.61. The predicted octanol–water partition coefficient (Wildman–Crippen LogP) is 3.71. The summed E-state index contributed by atoms with van der Waals surface area (Å²) in [6, 6.07) is 24.9. The Hall–Kier alpha value is -2.65. The Labute approximate surface area is 143 Å². The molecule has 0 aliphatic heterocycles. The molecule has 3 aromatic rings. The highest BCUT2D eigenvalue weighted by Crippen LogP contribution is 2.18. The summed E-state index contributed by atoms with van der Waals surface area (Å²) < 4.78 is 0. The summed E-state index contributed by atoms with van der Waals surface area (Å²) in [6.07, 6.45) is 2.10. The van der Waals surface area contributed by atoms with E-state index >= 15 is 0 Å². The van der Waals surface area contributed by atoms with E-state index in [-0.39, 0.29) is 0 Å². The molecule has 0 unspecified atom stereocenters. The molecular weight excluding hydrogens is 294 g/mol. The van der Waals surface area contributed by atoms with Gasteiger partial charge in [-0.25, -0.2) is 4.98 Å². The van der Waals surface area contributed by atoms with Gasteiger partial charge in [-0.05, 0) is 49.2 Å². The number of benzene rings is 2. The molecule has 0 amide bonds. The van der Waals surface area contributed by atoms with Gasteiger partial charge >= 0.3 is 0 Å². The predicted molar refractivity (Wildman–Crippen MR) is 101 cm³/mol. The molecule has 1 heterocycles. The van der Waals surface area contributed by atoms with Crippen LogP contribution in [-0.4, -0.2) is 18.1 Å². The van der Waals surface area contributed by atoms with Gasteiger partial charge in [0.15, 0.2) is 0 Å². The number of aromatic nitrogens is 1. The number of nitrogens with one attached hydrogen (secondary N) is 1. The van der Waals surface area contributed by atoms with Crippen molar-refractivity contribution >= 4 is 5.82 Å². The van der Waals surface area contributed by atoms with E-state index in [0.717, 1.165) is 37.2 Å². The van der Waals surface area contributed by atoms with Crippen LogP contribution in [0.1, 0.15) is 11.1 Å². The lowest BCUT2D eigenvalue weighted by molar-refractivity contribution is 0.682. The van der Waals surface area contributed by atoms with Gasteiger partial charge in [-0.15, -0.1) is 0 Å². The Morgan fingerprint density at radius 2 is 1.38 bits per heavy atom. The van der Waals surface area contributed by atoms with Crippen molar-refractivity contribution in [2.45, 2.75) is 12.8 Å². The molecular formula is C21H23N3. The number of nitrogens with two attached hydrogens (primary N) is 1. The fourth-order valence-corrected chi connectivity index (χ4v) is 2.69. The SMILES string of the molecule is Nc1cccc(-c2ccc(CCNCCc3ccccc3)cc2)n1. The largest absolute Gasteiger partial charge is 0.384 e. The Bertz CT molecular complexity index is 752. The third-order valence-electron chi connectivity index (χ3n) is 4.04. The first kappa shape index (κ1) is 16.2. The summed E-state index contributed by atoms with van der Waals surface area (Å²) in [5.74, 6) is 0.555. The molecule has 2 aromatic carbocycles. The Balaban J connectivity index is 1.45. The quantitative estimate of drug-likeness (QED) is 0.653. The van der Waals surface area contributed by atoms with Crippen molar-refractivity contribution in [1.82, 2.24) is 10.3 Å². The molecule has 3 heteroatoms. The van der Waals surface area contributed by atoms with Crippen LogP contribution in [0, 0.1) is 0 Å². The molecule has 1 aromatic heterocycles. The first-order chi connectivity index (χ1) is 11.8. The standard InChI is InChI=1S/C21H23N3/c22-21-8-4-7-20(24-21)19-11-9-18(10-12-19)14-16-23-15-13-17-5-2-1-3-6-17/h1-12,23H,13-16H2,(H2,22,24). The van der Waals surface area contributed by atoms with Crippen molar-refractivity contribution < 1.29 is 0 Å². The maximum Gasteiger partial charge on any atom is 0.124 e. The van der Waals surface area contributed by atoms with Crippen molar-refractivity contribution in [2.24, 2.45) is 0 Å². The van der Waals surface area contributed by atoms with E-state index in [1.54, 1.807) is 6.07 Å². The molecule has 3 N–H and O–H groups in total. The third kappa shape index (κ3) is 4.67. The molecule has 0 saturated heterocycles. The van der Waals surface area contributed by atoms with E-state index in [0.29, 0.717) is 5.82 Å². The molecule has 122 valence electrons. The Kier molecular flexibility index (Phi) is 5.59. The highest BCUT2D eigenvalue weighted by atomic mass is 14.8. The van der Waals surface area contributed by atoms with Crippen LogP contribution in [0.15, 0.2) is 72.8 Å². The lowest BCUT2D eigenvalue weighted by atomic mass is 10.1. The van der Waals surface area contributed by atoms with Gasteiger partial charge in [-0.2, -0.15) is 0 Å². The number of anilines is 1. The van der Waals surface area contributed by atoms with E-state index in [9.17, 15) is 0 Å². The first-order valence-corrected chi connectivity index (χ1v) is 8.38. The van der Waals surface area contributed by atoms with Crippen molar-refractivity contribution in [3.63, 3.8) is 0 Å². The van der Waals surface area contributed by atoms with Crippen LogP contribution in [0.25, 0.3) is 11.3 Å². The fourth-order valence-electron chi connectivity index (χ4n) is 2.69. The molecule has 0 aliphatic rings. The maximum atomic E-state index is 5.74. The zero-order chi connectivity index (χ0) is 16.6. The topological polar surface area (TPSA) is 50.9 Å². The lowest BCUT2D eigenvalue weighted by Crippen LogP contribution is -2.20. The van der Waals surface area contributed by atoms with E-state index in [1.165, 1.54) is 11.1 Å². The number of hydrogen-bond donors (Lipinski definition) is 2. The summed E-state index contributed by atoms with van der Waals surface area (Å²) in [5, 5.41) is 3.51. The van der Waals surface area contributed by atoms with Gasteiger partial charge < -0.3 is 11.1 Å². The van der Waals surface area contributed by atoms with Gasteiger partial charge in [0, 0.05) is 5.56 Å². The Morgan fingerprint density at radius 1 is 0.708 bits per heavy atom. The second-order valence-corrected chi connectivity index (χ2v) is 5.88. The van der Waals surface area contributed by atoms with Gasteiger partial charge in [0.2, 0.25) is 0 Å². The van der Waals surface area contributed by atoms with Gasteiger partial charge in [-0.3, -0.25) is 0 Å². The minimum Gasteiger partial charge on any atom is -0.384 e. The third-order valence-corrected chi connectivity index (χ3v) is 4.04. The van der Waals surface area contributed by atoms with Crippen LogP contribution in [0.5, 0.6) is 0 Å². The van der Waals surface area contributed by atoms with E-state index in [4.69, 9.17) is 5.73 Å². The van der Waals surface area contributed by atoms with Crippen LogP contribution in [0.3, 0.4) is 0 Å². The number of nitrogen functional groups attached to an aromatic ring is 1. The molecule has 0 radical (unpaired) electrons. The number of hydrogen-bond acceptors (Lipinski definition) is 3. The lowest BCUT2D eigenvalue weighted by Gasteiger charge is -2.07. The van der Waals surface area contributed by atoms with Gasteiger partial charge in [0.05, 0.1) is 5.69 Å². The summed E-state index contributed by atoms with van der Waals surface area (Å²) in [5.41, 5.74) is 10.5. The Morgan fingerprint density at radius 3 is 2.04 bits per heavy atom. The zero-order valence-corrected chi connectivity index (χ0v) is 13.8. The van der Waals surface area contributed by atoms with Crippen LogP contribution >= 0.6 is 0 Å². The van der Waals surface area contributed by atoms with Gasteiger partial charge in [-0.1, -0.05) is 60.7 Å². The van der Waals surface area contributed by atoms with Gasteiger partial charge in [0.25, 0.3) is 0 Å². The minimum atomic E-state index is 0.555. The van der Waals surface area contributed by atoms with Crippen LogP contribution in [0.4, 0.5) is 5.82 Å². The molecule has 0 fully saturated rings. The molecule has 0 bridgehead atoms. The van der Waals surface area contributed by atoms with Crippen LogP contribution in [0.2, 0.25) is 0 Å². The summed E-state index contributed by atoms with van der Waals surface area (Å²) in [6.45, 7) is 2.00. The monoisotopic (exact) mass is 317 g/mol. The summed E-state index contributed by atoms with van der Waals surface area (Å²) in [7, 11) is 0. The average molecular weight is 317 g/mol. The minimum absolute atomic E-state index is 0.555. The van der Waals surface area contributed by atoms with Crippen LogP contribution in [-0.2, 0) is 12.8 Å². The maximum absolute atomic E-state index is 5.74. The number of rotatable bonds is 7. The van der Waals surface area contributed by atoms with Crippen molar-refractivity contribution in [2.75, 3.05) is 18.8 Å². The normalized spacial score (nSPS) is 10.7. The fraction of sp³-hybridized carbons (Fsp3) is 0.190. The zero-order valence-electron chi connectivity index (χ0n) is 13.8. The van der Waals surface area contributed by atoms with Gasteiger partial charge in [0.1, 0.15) is 5.82 Å². The molecule has 0 atom stereocenters. The van der Waals surface area contributed by atoms with Crippen molar-refractivity contribution in [3.05, 3.63) is 83.9 Å². The second-order valence-electron chi connectivity index (χ2n) is 5.88. The summed E-state index contributed by atoms with van der Waals surface area (Å²) in [4.78, 5) is 4.35. The average Bonchev–Trinajstić information content (AvgIpc) is 2.63. The molecule has 3 rings (SSSR count). The van der Waals surface area contributed by atoms with E-state index in [2.05, 4.69) is 64.9 Å². The number of nitrogens with zero attached hydrogens (tertiary/aromatic N) is 1. The molecule has 24 heavy (non-hydrogen) atoms. The molecule has 0 spiro atoms. The number of pyridine rings is 1. The van der Waals surface area contributed by atoms with E-state index < -0.39 is 0 Å². The second kappa shape index (κ2) is 8.27. The smallest absolute Gasteiger partial charge is 0.124 e. The molecule has 3 nitrogen and oxygen atoms in total. The van der Waals surface area contributed by atoms with E-state index in [1.807, 2.05) is 12.1 Å². The first-order valence-electron chi connectivity index (χ1n) is 8.38.